The number of carbonyl (C=O) groups is 1. The Morgan fingerprint density at radius 1 is 1.13 bits per heavy atom. The minimum Gasteiger partial charge on any atom is -0.361 e. The number of halogens is 1. The molecule has 156 valence electrons. The van der Waals surface area contributed by atoms with Crippen LogP contribution in [0.3, 0.4) is 0 Å². The Morgan fingerprint density at radius 2 is 1.87 bits per heavy atom. The van der Waals surface area contributed by atoms with E-state index in [9.17, 15) is 14.9 Å². The zero-order chi connectivity index (χ0) is 21.8. The van der Waals surface area contributed by atoms with Gasteiger partial charge in [-0.15, -0.1) is 0 Å². The number of rotatable bonds is 7. The predicted octanol–water partition coefficient (Wildman–Crippen LogP) is 4.96. The molecular weight excluding hydrogens is 416 g/mol. The van der Waals surface area contributed by atoms with E-state index in [4.69, 9.17) is 11.6 Å². The molecule has 0 unspecified atom stereocenters. The number of nitrogens with one attached hydrogen (secondary N) is 2. The number of aromatic nitrogens is 2. The van der Waals surface area contributed by atoms with Gasteiger partial charge in [-0.05, 0) is 47.0 Å². The lowest BCUT2D eigenvalue weighted by molar-refractivity contribution is -0.384. The molecule has 31 heavy (non-hydrogen) atoms. The van der Waals surface area contributed by atoms with Crippen LogP contribution in [0.4, 0.5) is 5.69 Å². The summed E-state index contributed by atoms with van der Waals surface area (Å²) >= 11 is 6.05. The fraction of sp³-hybridized carbons (Fsp3) is 0.130. The van der Waals surface area contributed by atoms with E-state index in [0.29, 0.717) is 11.6 Å². The van der Waals surface area contributed by atoms with Crippen LogP contribution in [0.15, 0.2) is 73.2 Å². The van der Waals surface area contributed by atoms with E-state index >= 15 is 0 Å². The van der Waals surface area contributed by atoms with Crippen molar-refractivity contribution < 1.29 is 9.72 Å². The number of nitro groups is 1. The van der Waals surface area contributed by atoms with Gasteiger partial charge in [-0.1, -0.05) is 23.7 Å². The number of carbonyl (C=O) groups excluding carboxylic acids is 1. The van der Waals surface area contributed by atoms with Crippen molar-refractivity contribution >= 4 is 34.1 Å². The molecule has 2 aromatic heterocycles. The van der Waals surface area contributed by atoms with E-state index in [1.54, 1.807) is 36.7 Å². The number of H-pyrrole nitrogens is 1. The van der Waals surface area contributed by atoms with Crippen LogP contribution in [0.2, 0.25) is 5.02 Å². The molecule has 0 bridgehead atoms. The van der Waals surface area contributed by atoms with E-state index in [1.807, 2.05) is 30.5 Å². The molecule has 0 aliphatic carbocycles. The summed E-state index contributed by atoms with van der Waals surface area (Å²) in [5.74, 6) is -0.429. The maximum atomic E-state index is 12.8. The summed E-state index contributed by atoms with van der Waals surface area (Å²) in [5.41, 5.74) is 3.45. The summed E-state index contributed by atoms with van der Waals surface area (Å²) in [6, 6.07) is 15.7. The van der Waals surface area contributed by atoms with Crippen LogP contribution in [-0.2, 0) is 11.3 Å². The van der Waals surface area contributed by atoms with Crippen LogP contribution in [0.25, 0.3) is 10.9 Å². The normalized spacial score (nSPS) is 11.9. The van der Waals surface area contributed by atoms with Crippen molar-refractivity contribution in [3.63, 3.8) is 0 Å². The first kappa shape index (κ1) is 20.6. The second kappa shape index (κ2) is 8.97. The van der Waals surface area contributed by atoms with Gasteiger partial charge in [-0.2, -0.15) is 0 Å². The van der Waals surface area contributed by atoms with Gasteiger partial charge in [0.15, 0.2) is 0 Å². The quantitative estimate of drug-likeness (QED) is 0.317. The number of benzene rings is 2. The SMILES string of the molecule is O=C(C[C@@H](c1ccc(Cl)cc1)c1c[nH]c2ccc([N+](=O)[O-])cc12)NCc1ccncc1. The van der Waals surface area contributed by atoms with Crippen LogP contribution >= 0.6 is 11.6 Å². The highest BCUT2D eigenvalue weighted by atomic mass is 35.5. The van der Waals surface area contributed by atoms with Gasteiger partial charge in [0.25, 0.3) is 5.69 Å². The van der Waals surface area contributed by atoms with Crippen LogP contribution in [0.5, 0.6) is 0 Å². The topological polar surface area (TPSA) is 101 Å². The van der Waals surface area contributed by atoms with Crippen LogP contribution in [0, 0.1) is 10.1 Å². The lowest BCUT2D eigenvalue weighted by atomic mass is 9.88. The molecule has 0 radical (unpaired) electrons. The summed E-state index contributed by atoms with van der Waals surface area (Å²) in [6.07, 6.45) is 5.35. The number of amides is 1. The van der Waals surface area contributed by atoms with E-state index in [2.05, 4.69) is 15.3 Å². The standard InChI is InChI=1S/C23H19ClN4O3/c24-17-3-1-16(2-4-17)19(12-23(29)27-13-15-7-9-25-10-8-15)21-14-26-22-6-5-18(28(30)31)11-20(21)22/h1-11,14,19,26H,12-13H2,(H,27,29)/t19-/m0/s1. The smallest absolute Gasteiger partial charge is 0.270 e. The molecule has 4 rings (SSSR count). The average Bonchev–Trinajstić information content (AvgIpc) is 3.20. The molecule has 2 heterocycles. The molecule has 0 fully saturated rings. The van der Waals surface area contributed by atoms with Gasteiger partial charge >= 0.3 is 0 Å². The maximum Gasteiger partial charge on any atom is 0.270 e. The zero-order valence-corrected chi connectivity index (χ0v) is 17.2. The molecule has 0 saturated heterocycles. The van der Waals surface area contributed by atoms with Gasteiger partial charge in [0, 0.05) is 65.5 Å². The molecular formula is C23H19ClN4O3. The van der Waals surface area contributed by atoms with Gasteiger partial charge in [0.2, 0.25) is 5.91 Å². The van der Waals surface area contributed by atoms with Gasteiger partial charge in [0.1, 0.15) is 0 Å². The summed E-state index contributed by atoms with van der Waals surface area (Å²) in [4.78, 5) is 30.8. The number of aromatic amines is 1. The van der Waals surface area contributed by atoms with Gasteiger partial charge < -0.3 is 10.3 Å². The summed E-state index contributed by atoms with van der Waals surface area (Å²) < 4.78 is 0. The summed E-state index contributed by atoms with van der Waals surface area (Å²) in [7, 11) is 0. The fourth-order valence-electron chi connectivity index (χ4n) is 3.59. The van der Waals surface area contributed by atoms with Crippen molar-refractivity contribution in [1.29, 1.82) is 0 Å². The number of non-ortho nitro benzene ring substituents is 1. The fourth-order valence-corrected chi connectivity index (χ4v) is 3.72. The second-order valence-electron chi connectivity index (χ2n) is 7.17. The Kier molecular flexibility index (Phi) is 5.95. The highest BCUT2D eigenvalue weighted by Crippen LogP contribution is 2.35. The molecule has 2 N–H and O–H groups in total. The third kappa shape index (κ3) is 4.73. The largest absolute Gasteiger partial charge is 0.361 e. The molecule has 4 aromatic rings. The third-order valence-electron chi connectivity index (χ3n) is 5.18. The Morgan fingerprint density at radius 3 is 2.58 bits per heavy atom. The molecule has 8 heteroatoms. The van der Waals surface area contributed by atoms with Gasteiger partial charge in [-0.25, -0.2) is 0 Å². The van der Waals surface area contributed by atoms with Crippen molar-refractivity contribution in [2.75, 3.05) is 0 Å². The van der Waals surface area contributed by atoms with Crippen molar-refractivity contribution in [1.82, 2.24) is 15.3 Å². The minimum atomic E-state index is -0.422. The van der Waals surface area contributed by atoms with Crippen LogP contribution < -0.4 is 5.32 Å². The zero-order valence-electron chi connectivity index (χ0n) is 16.4. The van der Waals surface area contributed by atoms with Crippen molar-refractivity contribution in [3.8, 4) is 0 Å². The average molecular weight is 435 g/mol. The minimum absolute atomic E-state index is 0.00495. The van der Waals surface area contributed by atoms with E-state index in [0.717, 1.165) is 27.6 Å². The Bertz CT molecular complexity index is 1220. The molecule has 0 saturated carbocycles. The monoisotopic (exact) mass is 434 g/mol. The first-order valence-electron chi connectivity index (χ1n) is 9.68. The highest BCUT2D eigenvalue weighted by Gasteiger charge is 2.22. The first-order valence-corrected chi connectivity index (χ1v) is 10.1. The lowest BCUT2D eigenvalue weighted by Gasteiger charge is -2.17. The van der Waals surface area contributed by atoms with Crippen LogP contribution in [-0.4, -0.2) is 20.8 Å². The summed E-state index contributed by atoms with van der Waals surface area (Å²) in [6.45, 7) is 0.397. The molecule has 0 spiro atoms. The molecule has 0 aliphatic rings. The van der Waals surface area contributed by atoms with Crippen molar-refractivity contribution in [3.05, 3.63) is 105 Å². The van der Waals surface area contributed by atoms with Crippen molar-refractivity contribution in [2.24, 2.45) is 0 Å². The third-order valence-corrected chi connectivity index (χ3v) is 5.44. The molecule has 2 aromatic carbocycles. The summed E-state index contributed by atoms with van der Waals surface area (Å²) in [5, 5.41) is 15.5. The Labute approximate surface area is 183 Å². The van der Waals surface area contributed by atoms with Crippen molar-refractivity contribution in [2.45, 2.75) is 18.9 Å². The molecule has 0 aliphatic heterocycles. The molecule has 1 amide bonds. The predicted molar refractivity (Wildman–Crippen MR) is 119 cm³/mol. The number of pyridine rings is 1. The number of hydrogen-bond donors (Lipinski definition) is 2. The Hall–Kier alpha value is -3.71. The molecule has 7 nitrogen and oxygen atoms in total. The Balaban J connectivity index is 1.66. The number of fused-ring (bicyclic) bond motifs is 1. The lowest BCUT2D eigenvalue weighted by Crippen LogP contribution is -2.25. The van der Waals surface area contributed by atoms with E-state index < -0.39 is 4.92 Å². The number of nitro benzene ring substituents is 1. The van der Waals surface area contributed by atoms with Crippen LogP contribution in [0.1, 0.15) is 29.0 Å². The highest BCUT2D eigenvalue weighted by molar-refractivity contribution is 6.30. The van der Waals surface area contributed by atoms with E-state index in [1.165, 1.54) is 6.07 Å². The van der Waals surface area contributed by atoms with E-state index in [-0.39, 0.29) is 23.9 Å². The van der Waals surface area contributed by atoms with Gasteiger partial charge in [0.05, 0.1) is 4.92 Å². The number of hydrogen-bond acceptors (Lipinski definition) is 4. The van der Waals surface area contributed by atoms with Gasteiger partial charge in [-0.3, -0.25) is 19.9 Å². The second-order valence-corrected chi connectivity index (χ2v) is 7.61. The number of nitrogens with zero attached hydrogens (tertiary/aromatic N) is 2. The molecule has 1 atom stereocenters. The maximum absolute atomic E-state index is 12.8. The first-order chi connectivity index (χ1) is 15.0.